The first-order valence-corrected chi connectivity index (χ1v) is 5.77. The third-order valence-electron chi connectivity index (χ3n) is 3.58. The van der Waals surface area contributed by atoms with E-state index in [2.05, 4.69) is 48.5 Å². The van der Waals surface area contributed by atoms with E-state index >= 15 is 0 Å². The summed E-state index contributed by atoms with van der Waals surface area (Å²) in [6, 6.07) is 19.0. The van der Waals surface area contributed by atoms with E-state index in [1.807, 2.05) is 6.07 Å². The Morgan fingerprint density at radius 3 is 2.00 bits per heavy atom. The smallest absolute Gasteiger partial charge is 0.0889 e. The maximum Gasteiger partial charge on any atom is 0.114 e. The zero-order valence-electron chi connectivity index (χ0n) is 9.27. The molecule has 3 aromatic carbocycles. The molecule has 0 N–H and O–H groups in total. The topological polar surface area (TPSA) is 0 Å². The van der Waals surface area contributed by atoms with Gasteiger partial charge in [0.05, 0.1) is 0 Å². The lowest BCUT2D eigenvalue weighted by atomic mass is 9.88. The Hall–Kier alpha value is -2.02. The standard InChI is InChI=1S/C16H9B/c17-15-9-8-13-11-5-2-1-4-10(11)12-6-3-7-14(15)16(12)13/h1-9H. The van der Waals surface area contributed by atoms with Gasteiger partial charge < -0.3 is 0 Å². The molecule has 0 atom stereocenters. The van der Waals surface area contributed by atoms with Gasteiger partial charge in [0, 0.05) is 0 Å². The van der Waals surface area contributed by atoms with Crippen LogP contribution in [0.2, 0.25) is 0 Å². The highest BCUT2D eigenvalue weighted by Crippen LogP contribution is 2.46. The van der Waals surface area contributed by atoms with E-state index in [9.17, 15) is 0 Å². The van der Waals surface area contributed by atoms with Crippen molar-refractivity contribution >= 4 is 24.1 Å². The van der Waals surface area contributed by atoms with Gasteiger partial charge in [0.15, 0.2) is 0 Å². The molecule has 0 unspecified atom stereocenters. The molecule has 0 fully saturated rings. The fourth-order valence-electron chi connectivity index (χ4n) is 2.83. The number of rotatable bonds is 0. The Morgan fingerprint density at radius 1 is 0.588 bits per heavy atom. The minimum Gasteiger partial charge on any atom is -0.0889 e. The van der Waals surface area contributed by atoms with Crippen molar-refractivity contribution in [2.75, 3.05) is 0 Å². The van der Waals surface area contributed by atoms with Gasteiger partial charge in [-0.3, -0.25) is 0 Å². The maximum absolute atomic E-state index is 6.06. The second-order valence-electron chi connectivity index (χ2n) is 4.48. The third-order valence-corrected chi connectivity index (χ3v) is 3.58. The van der Waals surface area contributed by atoms with Crippen LogP contribution in [0.5, 0.6) is 0 Å². The van der Waals surface area contributed by atoms with Gasteiger partial charge in [-0.2, -0.15) is 0 Å². The predicted octanol–water partition coefficient (Wildman–Crippen LogP) is 3.28. The molecule has 0 amide bonds. The third kappa shape index (κ3) is 1.04. The molecule has 2 radical (unpaired) electrons. The summed E-state index contributed by atoms with van der Waals surface area (Å²) >= 11 is 0. The highest BCUT2D eigenvalue weighted by molar-refractivity contribution is 6.40. The summed E-state index contributed by atoms with van der Waals surface area (Å²) in [6.07, 6.45) is 0. The van der Waals surface area contributed by atoms with Gasteiger partial charge in [-0.25, -0.2) is 0 Å². The SMILES string of the molecule is [B]c1ccc2c3c(cccc13)-c1ccccc1-2. The Balaban J connectivity index is 2.30. The van der Waals surface area contributed by atoms with Gasteiger partial charge >= 0.3 is 0 Å². The Kier molecular flexibility index (Phi) is 1.60. The largest absolute Gasteiger partial charge is 0.114 e. The van der Waals surface area contributed by atoms with E-state index < -0.39 is 0 Å². The van der Waals surface area contributed by atoms with Crippen LogP contribution in [-0.2, 0) is 0 Å². The molecule has 1 aliphatic carbocycles. The summed E-state index contributed by atoms with van der Waals surface area (Å²) in [5, 5.41) is 2.46. The molecule has 0 saturated carbocycles. The normalized spacial score (nSPS) is 11.8. The number of hydrogen-bond acceptors (Lipinski definition) is 0. The van der Waals surface area contributed by atoms with Crippen LogP contribution in [0.3, 0.4) is 0 Å². The maximum atomic E-state index is 6.06. The summed E-state index contributed by atoms with van der Waals surface area (Å²) < 4.78 is 0. The van der Waals surface area contributed by atoms with E-state index in [1.54, 1.807) is 0 Å². The van der Waals surface area contributed by atoms with Gasteiger partial charge in [0.1, 0.15) is 7.85 Å². The van der Waals surface area contributed by atoms with E-state index in [4.69, 9.17) is 7.85 Å². The van der Waals surface area contributed by atoms with Crippen LogP contribution < -0.4 is 5.46 Å². The van der Waals surface area contributed by atoms with Gasteiger partial charge in [-0.1, -0.05) is 60.1 Å². The molecule has 0 spiro atoms. The summed E-state index contributed by atoms with van der Waals surface area (Å²) in [6.45, 7) is 0. The van der Waals surface area contributed by atoms with Gasteiger partial charge in [0.2, 0.25) is 0 Å². The minimum atomic E-state index is 0.860. The molecule has 3 aromatic rings. The van der Waals surface area contributed by atoms with Crippen molar-refractivity contribution in [3.63, 3.8) is 0 Å². The molecule has 0 nitrogen and oxygen atoms in total. The lowest BCUT2D eigenvalue weighted by Gasteiger charge is -2.05. The fraction of sp³-hybridized carbons (Fsp3) is 0. The summed E-state index contributed by atoms with van der Waals surface area (Å²) in [5.41, 5.74) is 6.11. The molecular formula is C16H9B. The molecule has 17 heavy (non-hydrogen) atoms. The van der Waals surface area contributed by atoms with Crippen LogP contribution in [0.4, 0.5) is 0 Å². The Labute approximate surface area is 101 Å². The molecule has 0 aliphatic heterocycles. The van der Waals surface area contributed by atoms with E-state index in [0.717, 1.165) is 10.8 Å². The summed E-state index contributed by atoms with van der Waals surface area (Å²) in [4.78, 5) is 0. The van der Waals surface area contributed by atoms with Gasteiger partial charge in [-0.05, 0) is 33.0 Å². The van der Waals surface area contributed by atoms with Crippen molar-refractivity contribution < 1.29 is 0 Å². The van der Waals surface area contributed by atoms with Crippen LogP contribution >= 0.6 is 0 Å². The summed E-state index contributed by atoms with van der Waals surface area (Å²) in [7, 11) is 6.06. The second kappa shape index (κ2) is 3.01. The first-order valence-electron chi connectivity index (χ1n) is 5.77. The van der Waals surface area contributed by atoms with Crippen LogP contribution in [0.1, 0.15) is 0 Å². The molecule has 0 heterocycles. The van der Waals surface area contributed by atoms with Crippen LogP contribution in [0, 0.1) is 0 Å². The van der Waals surface area contributed by atoms with Crippen molar-refractivity contribution in [3.05, 3.63) is 54.6 Å². The molecule has 4 rings (SSSR count). The van der Waals surface area contributed by atoms with Gasteiger partial charge in [-0.15, -0.1) is 0 Å². The van der Waals surface area contributed by atoms with Crippen molar-refractivity contribution in [2.45, 2.75) is 0 Å². The highest BCUT2D eigenvalue weighted by atomic mass is 14.2. The average Bonchev–Trinajstić information content (AvgIpc) is 2.70. The number of fused-ring (bicyclic) bond motifs is 3. The second-order valence-corrected chi connectivity index (χ2v) is 4.48. The minimum absolute atomic E-state index is 0.860. The quantitative estimate of drug-likeness (QED) is 0.392. The fourth-order valence-corrected chi connectivity index (χ4v) is 2.83. The first kappa shape index (κ1) is 9.06. The predicted molar refractivity (Wildman–Crippen MR) is 73.8 cm³/mol. The summed E-state index contributed by atoms with van der Waals surface area (Å²) in [5.74, 6) is 0. The molecular weight excluding hydrogens is 203 g/mol. The highest BCUT2D eigenvalue weighted by Gasteiger charge is 2.20. The van der Waals surface area contributed by atoms with Crippen molar-refractivity contribution in [3.8, 4) is 22.3 Å². The van der Waals surface area contributed by atoms with E-state index in [0.29, 0.717) is 0 Å². The molecule has 0 aromatic heterocycles. The number of hydrogen-bond donors (Lipinski definition) is 0. The van der Waals surface area contributed by atoms with Crippen LogP contribution in [0.25, 0.3) is 33.0 Å². The zero-order valence-corrected chi connectivity index (χ0v) is 9.27. The van der Waals surface area contributed by atoms with E-state index in [-0.39, 0.29) is 0 Å². The molecule has 1 heteroatoms. The molecule has 1 aliphatic rings. The first-order chi connectivity index (χ1) is 8.36. The molecule has 0 bridgehead atoms. The van der Waals surface area contributed by atoms with E-state index in [1.165, 1.54) is 27.6 Å². The van der Waals surface area contributed by atoms with Crippen LogP contribution in [-0.4, -0.2) is 7.85 Å². The molecule has 76 valence electrons. The lowest BCUT2D eigenvalue weighted by molar-refractivity contribution is 1.70. The average molecular weight is 212 g/mol. The van der Waals surface area contributed by atoms with Crippen molar-refractivity contribution in [2.24, 2.45) is 0 Å². The Morgan fingerprint density at radius 2 is 1.24 bits per heavy atom. The van der Waals surface area contributed by atoms with Crippen molar-refractivity contribution in [1.82, 2.24) is 0 Å². The lowest BCUT2D eigenvalue weighted by Crippen LogP contribution is -2.02. The van der Waals surface area contributed by atoms with Crippen LogP contribution in [0.15, 0.2) is 54.6 Å². The monoisotopic (exact) mass is 212 g/mol. The Bertz CT molecular complexity index is 727. The number of benzene rings is 3. The zero-order chi connectivity index (χ0) is 11.4. The molecule has 0 saturated heterocycles. The van der Waals surface area contributed by atoms with Crippen molar-refractivity contribution in [1.29, 1.82) is 0 Å². The van der Waals surface area contributed by atoms with Gasteiger partial charge in [0.25, 0.3) is 0 Å².